The van der Waals surface area contributed by atoms with E-state index in [0.717, 1.165) is 36.8 Å². The summed E-state index contributed by atoms with van der Waals surface area (Å²) in [7, 11) is 0. The minimum absolute atomic E-state index is 1.03. The van der Waals surface area contributed by atoms with Gasteiger partial charge < -0.3 is 4.42 Å². The lowest BCUT2D eigenvalue weighted by Crippen LogP contribution is -1.91. The van der Waals surface area contributed by atoms with Crippen molar-refractivity contribution in [1.29, 1.82) is 0 Å². The fourth-order valence-electron chi connectivity index (χ4n) is 3.45. The van der Waals surface area contributed by atoms with Crippen LogP contribution in [0.5, 0.6) is 0 Å². The van der Waals surface area contributed by atoms with E-state index in [1.54, 1.807) is 0 Å². The summed E-state index contributed by atoms with van der Waals surface area (Å²) in [5.74, 6) is 0. The molecule has 0 aliphatic heterocycles. The highest BCUT2D eigenvalue weighted by atomic mass is 16.3. The molecule has 2 aromatic carbocycles. The van der Waals surface area contributed by atoms with Crippen molar-refractivity contribution >= 4 is 21.9 Å². The van der Waals surface area contributed by atoms with Gasteiger partial charge in [0.25, 0.3) is 0 Å². The Kier molecular flexibility index (Phi) is 3.75. The van der Waals surface area contributed by atoms with Crippen LogP contribution in [0.3, 0.4) is 0 Å². The van der Waals surface area contributed by atoms with Crippen LogP contribution in [0.2, 0.25) is 0 Å². The average Bonchev–Trinajstić information content (AvgIpc) is 2.89. The van der Waals surface area contributed by atoms with Gasteiger partial charge in [-0.25, -0.2) is 0 Å². The molecular weight excluding hydrogens is 256 g/mol. The third kappa shape index (κ3) is 2.16. The van der Waals surface area contributed by atoms with Crippen LogP contribution in [0, 0.1) is 0 Å². The molecule has 0 aliphatic carbocycles. The Morgan fingerprint density at radius 3 is 2.00 bits per heavy atom. The highest BCUT2D eigenvalue weighted by molar-refractivity contribution is 6.06. The third-order valence-electron chi connectivity index (χ3n) is 4.66. The standard InChI is InChI=1S/C20H24O/c1-5-13-9-10-17-18-11-14(6-2)15(7-3)12-19(18)21-20(17)16(13)8-4/h9-12H,5-8H2,1-4H3. The SMILES string of the molecule is CCc1cc2oc3c(CC)c(CC)ccc3c2cc1CC. The Labute approximate surface area is 127 Å². The van der Waals surface area contributed by atoms with Gasteiger partial charge in [0, 0.05) is 10.8 Å². The van der Waals surface area contributed by atoms with Gasteiger partial charge in [0.1, 0.15) is 11.2 Å². The van der Waals surface area contributed by atoms with Crippen LogP contribution >= 0.6 is 0 Å². The third-order valence-corrected chi connectivity index (χ3v) is 4.66. The zero-order valence-electron chi connectivity index (χ0n) is 13.5. The smallest absolute Gasteiger partial charge is 0.138 e. The van der Waals surface area contributed by atoms with Gasteiger partial charge in [0.2, 0.25) is 0 Å². The first-order valence-corrected chi connectivity index (χ1v) is 8.22. The zero-order chi connectivity index (χ0) is 15.0. The molecule has 0 bridgehead atoms. The van der Waals surface area contributed by atoms with Crippen molar-refractivity contribution in [3.8, 4) is 0 Å². The molecule has 0 atom stereocenters. The second-order valence-corrected chi connectivity index (χ2v) is 5.71. The summed E-state index contributed by atoms with van der Waals surface area (Å²) >= 11 is 0. The number of aryl methyl sites for hydroxylation is 4. The molecule has 0 saturated carbocycles. The quantitative estimate of drug-likeness (QED) is 0.585. The first-order chi connectivity index (χ1) is 10.2. The summed E-state index contributed by atoms with van der Waals surface area (Å²) in [6, 6.07) is 9.10. The maximum absolute atomic E-state index is 6.26. The van der Waals surface area contributed by atoms with E-state index in [9.17, 15) is 0 Å². The molecule has 0 aliphatic rings. The first-order valence-electron chi connectivity index (χ1n) is 8.22. The van der Waals surface area contributed by atoms with Gasteiger partial charge in [-0.3, -0.25) is 0 Å². The molecule has 0 saturated heterocycles. The molecule has 3 rings (SSSR count). The summed E-state index contributed by atoms with van der Waals surface area (Å²) in [6.45, 7) is 8.88. The molecule has 110 valence electrons. The summed E-state index contributed by atoms with van der Waals surface area (Å²) in [4.78, 5) is 0. The number of hydrogen-bond acceptors (Lipinski definition) is 1. The highest BCUT2D eigenvalue weighted by Crippen LogP contribution is 2.35. The lowest BCUT2D eigenvalue weighted by molar-refractivity contribution is 0.661. The van der Waals surface area contributed by atoms with Crippen LogP contribution in [0.1, 0.15) is 49.9 Å². The number of fused-ring (bicyclic) bond motifs is 3. The van der Waals surface area contributed by atoms with Crippen molar-refractivity contribution in [1.82, 2.24) is 0 Å². The van der Waals surface area contributed by atoms with E-state index in [2.05, 4.69) is 52.0 Å². The zero-order valence-corrected chi connectivity index (χ0v) is 13.5. The van der Waals surface area contributed by atoms with E-state index >= 15 is 0 Å². The molecule has 0 spiro atoms. The topological polar surface area (TPSA) is 13.1 Å². The van der Waals surface area contributed by atoms with Crippen LogP contribution in [0.25, 0.3) is 21.9 Å². The van der Waals surface area contributed by atoms with E-state index in [-0.39, 0.29) is 0 Å². The van der Waals surface area contributed by atoms with Crippen LogP contribution in [0.4, 0.5) is 0 Å². The van der Waals surface area contributed by atoms with Crippen molar-refractivity contribution in [2.45, 2.75) is 53.4 Å². The number of rotatable bonds is 4. The summed E-state index contributed by atoms with van der Waals surface area (Å²) in [5.41, 5.74) is 7.80. The molecule has 1 heterocycles. The van der Waals surface area contributed by atoms with E-state index in [0.29, 0.717) is 0 Å². The molecular formula is C20H24O. The molecule has 0 unspecified atom stereocenters. The van der Waals surface area contributed by atoms with E-state index in [4.69, 9.17) is 4.42 Å². The Balaban J connectivity index is 2.39. The summed E-state index contributed by atoms with van der Waals surface area (Å²) in [6.07, 6.45) is 4.24. The second kappa shape index (κ2) is 5.55. The fourth-order valence-corrected chi connectivity index (χ4v) is 3.45. The minimum atomic E-state index is 1.03. The Hall–Kier alpha value is -1.76. The predicted molar refractivity (Wildman–Crippen MR) is 91.2 cm³/mol. The molecule has 1 nitrogen and oxygen atoms in total. The maximum Gasteiger partial charge on any atom is 0.138 e. The molecule has 0 N–H and O–H groups in total. The highest BCUT2D eigenvalue weighted by Gasteiger charge is 2.14. The lowest BCUT2D eigenvalue weighted by Gasteiger charge is -2.06. The number of furan rings is 1. The van der Waals surface area contributed by atoms with E-state index < -0.39 is 0 Å². The normalized spacial score (nSPS) is 11.6. The van der Waals surface area contributed by atoms with Gasteiger partial charge in [0.05, 0.1) is 0 Å². The maximum atomic E-state index is 6.26. The number of hydrogen-bond donors (Lipinski definition) is 0. The Morgan fingerprint density at radius 2 is 1.38 bits per heavy atom. The van der Waals surface area contributed by atoms with Crippen molar-refractivity contribution < 1.29 is 4.42 Å². The fraction of sp³-hybridized carbons (Fsp3) is 0.400. The molecule has 0 fully saturated rings. The summed E-state index contributed by atoms with van der Waals surface area (Å²) in [5, 5.41) is 2.55. The first kappa shape index (κ1) is 14.2. The monoisotopic (exact) mass is 280 g/mol. The minimum Gasteiger partial charge on any atom is -0.456 e. The largest absolute Gasteiger partial charge is 0.456 e. The lowest BCUT2D eigenvalue weighted by atomic mass is 9.97. The Morgan fingerprint density at radius 1 is 0.714 bits per heavy atom. The van der Waals surface area contributed by atoms with Crippen LogP contribution in [-0.4, -0.2) is 0 Å². The van der Waals surface area contributed by atoms with Crippen molar-refractivity contribution in [2.75, 3.05) is 0 Å². The van der Waals surface area contributed by atoms with Gasteiger partial charge in [-0.15, -0.1) is 0 Å². The predicted octanol–water partition coefficient (Wildman–Crippen LogP) is 5.84. The summed E-state index contributed by atoms with van der Waals surface area (Å²) < 4.78 is 6.26. The average molecular weight is 280 g/mol. The molecule has 0 amide bonds. The molecule has 21 heavy (non-hydrogen) atoms. The van der Waals surface area contributed by atoms with Gasteiger partial charge >= 0.3 is 0 Å². The van der Waals surface area contributed by atoms with Crippen LogP contribution in [-0.2, 0) is 25.7 Å². The van der Waals surface area contributed by atoms with Crippen LogP contribution in [0.15, 0.2) is 28.7 Å². The molecule has 0 radical (unpaired) electrons. The van der Waals surface area contributed by atoms with E-state index in [1.165, 1.54) is 33.0 Å². The van der Waals surface area contributed by atoms with Gasteiger partial charge in [0.15, 0.2) is 0 Å². The van der Waals surface area contributed by atoms with Gasteiger partial charge in [-0.05, 0) is 60.1 Å². The molecule has 1 aromatic heterocycles. The number of benzene rings is 2. The second-order valence-electron chi connectivity index (χ2n) is 5.71. The van der Waals surface area contributed by atoms with Crippen molar-refractivity contribution in [3.05, 3.63) is 46.5 Å². The molecule has 3 aromatic rings. The van der Waals surface area contributed by atoms with Crippen molar-refractivity contribution in [2.24, 2.45) is 0 Å². The van der Waals surface area contributed by atoms with Gasteiger partial charge in [-0.2, -0.15) is 0 Å². The van der Waals surface area contributed by atoms with E-state index in [1.807, 2.05) is 0 Å². The molecule has 1 heteroatoms. The van der Waals surface area contributed by atoms with Gasteiger partial charge in [-0.1, -0.05) is 39.8 Å². The van der Waals surface area contributed by atoms with Crippen molar-refractivity contribution in [3.63, 3.8) is 0 Å². The van der Waals surface area contributed by atoms with Crippen LogP contribution < -0.4 is 0 Å². The Bertz CT molecular complexity index is 793.